The number of nitrogens with zero attached hydrogens (tertiary/aromatic N) is 1. The molecule has 0 bridgehead atoms. The number of hydrogen-bond donors (Lipinski definition) is 1. The second-order valence-corrected chi connectivity index (χ2v) is 5.51. The third kappa shape index (κ3) is 5.41. The lowest BCUT2D eigenvalue weighted by atomic mass is 10.2. The van der Waals surface area contributed by atoms with Gasteiger partial charge in [-0.05, 0) is 13.8 Å². The van der Waals surface area contributed by atoms with Gasteiger partial charge in [0.15, 0.2) is 0 Å². The minimum absolute atomic E-state index is 0.0737. The topological polar surface area (TPSA) is 15.3 Å². The normalized spacial score (nSPS) is 23.1. The predicted molar refractivity (Wildman–Crippen MR) is 61.9 cm³/mol. The van der Waals surface area contributed by atoms with Crippen LogP contribution in [0.1, 0.15) is 13.8 Å². The number of alkyl halides is 3. The molecule has 1 rings (SSSR count). The van der Waals surface area contributed by atoms with Crippen molar-refractivity contribution in [2.24, 2.45) is 0 Å². The summed E-state index contributed by atoms with van der Waals surface area (Å²) >= 11 is 1.80. The fraction of sp³-hybridized carbons (Fsp3) is 1.00. The van der Waals surface area contributed by atoms with Crippen LogP contribution in [0.3, 0.4) is 0 Å². The van der Waals surface area contributed by atoms with Crippen LogP contribution in [0.25, 0.3) is 0 Å². The molecule has 16 heavy (non-hydrogen) atoms. The van der Waals surface area contributed by atoms with Crippen LogP contribution in [0.4, 0.5) is 13.2 Å². The number of halogens is 3. The number of thioether (sulfide) groups is 1. The molecule has 0 radical (unpaired) electrons. The van der Waals surface area contributed by atoms with Gasteiger partial charge in [-0.1, -0.05) is 0 Å². The van der Waals surface area contributed by atoms with Crippen molar-refractivity contribution in [1.29, 1.82) is 0 Å². The van der Waals surface area contributed by atoms with E-state index in [-0.39, 0.29) is 12.1 Å². The molecule has 6 heteroatoms. The van der Waals surface area contributed by atoms with Crippen molar-refractivity contribution in [2.45, 2.75) is 32.1 Å². The Morgan fingerprint density at radius 3 is 2.56 bits per heavy atom. The summed E-state index contributed by atoms with van der Waals surface area (Å²) < 4.78 is 37.1. The van der Waals surface area contributed by atoms with Gasteiger partial charge >= 0.3 is 6.18 Å². The summed E-state index contributed by atoms with van der Waals surface area (Å²) in [6.45, 7) is 4.17. The number of hydrogen-bond acceptors (Lipinski definition) is 3. The zero-order valence-electron chi connectivity index (χ0n) is 9.68. The van der Waals surface area contributed by atoms with Crippen LogP contribution in [0.5, 0.6) is 0 Å². The first-order chi connectivity index (χ1) is 7.38. The van der Waals surface area contributed by atoms with Gasteiger partial charge in [-0.25, -0.2) is 0 Å². The van der Waals surface area contributed by atoms with E-state index in [0.29, 0.717) is 6.54 Å². The monoisotopic (exact) mass is 256 g/mol. The van der Waals surface area contributed by atoms with Crippen LogP contribution in [0, 0.1) is 0 Å². The molecular formula is C10H19F3N2S. The van der Waals surface area contributed by atoms with Gasteiger partial charge in [0.05, 0.1) is 6.54 Å². The van der Waals surface area contributed by atoms with Gasteiger partial charge in [-0.3, -0.25) is 4.90 Å². The summed E-state index contributed by atoms with van der Waals surface area (Å²) in [5.74, 6) is 1.96. The lowest BCUT2D eigenvalue weighted by molar-refractivity contribution is -0.150. The second kappa shape index (κ2) is 6.12. The minimum Gasteiger partial charge on any atom is -0.311 e. The van der Waals surface area contributed by atoms with Crippen LogP contribution in [-0.4, -0.2) is 54.3 Å². The van der Waals surface area contributed by atoms with Gasteiger partial charge < -0.3 is 5.32 Å². The van der Waals surface area contributed by atoms with Crippen LogP contribution >= 0.6 is 11.8 Å². The lowest BCUT2D eigenvalue weighted by Gasteiger charge is -2.33. The van der Waals surface area contributed by atoms with Crippen molar-refractivity contribution in [3.63, 3.8) is 0 Å². The Morgan fingerprint density at radius 2 is 2.12 bits per heavy atom. The standard InChI is InChI=1S/C10H19F3N2S/c1-8(2)15(7-10(11,12)13)5-9-6-16-4-3-14-9/h8-9,14H,3-7H2,1-2H3. The molecule has 2 nitrogen and oxygen atoms in total. The molecule has 1 aliphatic rings. The van der Waals surface area contributed by atoms with Gasteiger partial charge in [-0.2, -0.15) is 24.9 Å². The van der Waals surface area contributed by atoms with E-state index >= 15 is 0 Å². The molecular weight excluding hydrogens is 237 g/mol. The number of rotatable bonds is 4. The fourth-order valence-corrected chi connectivity index (χ4v) is 2.64. The van der Waals surface area contributed by atoms with E-state index < -0.39 is 12.7 Å². The molecule has 0 aliphatic carbocycles. The highest BCUT2D eigenvalue weighted by Gasteiger charge is 2.32. The third-order valence-corrected chi connectivity index (χ3v) is 3.70. The maximum atomic E-state index is 12.4. The van der Waals surface area contributed by atoms with E-state index in [1.807, 2.05) is 13.8 Å². The Balaban J connectivity index is 2.43. The van der Waals surface area contributed by atoms with E-state index in [1.54, 1.807) is 11.8 Å². The largest absolute Gasteiger partial charge is 0.401 e. The zero-order valence-corrected chi connectivity index (χ0v) is 10.5. The first-order valence-corrected chi connectivity index (χ1v) is 6.66. The molecule has 0 aromatic rings. The van der Waals surface area contributed by atoms with E-state index in [2.05, 4.69) is 5.32 Å². The Bertz CT molecular complexity index is 203. The Hall–Kier alpha value is 0.0600. The zero-order chi connectivity index (χ0) is 12.2. The Labute approximate surface area is 98.9 Å². The number of nitrogens with one attached hydrogen (secondary N) is 1. The molecule has 1 saturated heterocycles. The quantitative estimate of drug-likeness (QED) is 0.828. The maximum absolute atomic E-state index is 12.4. The highest BCUT2D eigenvalue weighted by molar-refractivity contribution is 7.99. The van der Waals surface area contributed by atoms with E-state index in [1.165, 1.54) is 4.90 Å². The lowest BCUT2D eigenvalue weighted by Crippen LogP contribution is -2.50. The summed E-state index contributed by atoms with van der Waals surface area (Å²) in [5, 5.41) is 3.26. The van der Waals surface area contributed by atoms with Gasteiger partial charge in [0, 0.05) is 36.7 Å². The van der Waals surface area contributed by atoms with Crippen LogP contribution in [-0.2, 0) is 0 Å². The predicted octanol–water partition coefficient (Wildman–Crippen LogP) is 1.96. The van der Waals surface area contributed by atoms with E-state index in [0.717, 1.165) is 18.1 Å². The molecule has 1 atom stereocenters. The van der Waals surface area contributed by atoms with Gasteiger partial charge in [0.2, 0.25) is 0 Å². The van der Waals surface area contributed by atoms with Crippen molar-refractivity contribution in [1.82, 2.24) is 10.2 Å². The minimum atomic E-state index is -4.11. The second-order valence-electron chi connectivity index (χ2n) is 4.36. The average Bonchev–Trinajstić information content (AvgIpc) is 2.16. The fourth-order valence-electron chi connectivity index (χ4n) is 1.71. The molecule has 96 valence electrons. The van der Waals surface area contributed by atoms with Crippen molar-refractivity contribution < 1.29 is 13.2 Å². The summed E-state index contributed by atoms with van der Waals surface area (Å²) in [4.78, 5) is 1.49. The van der Waals surface area contributed by atoms with Crippen LogP contribution in [0.2, 0.25) is 0 Å². The molecule has 0 aromatic carbocycles. The van der Waals surface area contributed by atoms with E-state index in [9.17, 15) is 13.2 Å². The summed E-state index contributed by atoms with van der Waals surface area (Å²) in [5.41, 5.74) is 0. The SMILES string of the molecule is CC(C)N(CC1CSCCN1)CC(F)(F)F. The van der Waals surface area contributed by atoms with Crippen molar-refractivity contribution in [3.05, 3.63) is 0 Å². The smallest absolute Gasteiger partial charge is 0.311 e. The molecule has 1 fully saturated rings. The van der Waals surface area contributed by atoms with Crippen LogP contribution in [0.15, 0.2) is 0 Å². The van der Waals surface area contributed by atoms with Crippen LogP contribution < -0.4 is 5.32 Å². The summed E-state index contributed by atoms with van der Waals surface area (Å²) in [6.07, 6.45) is -4.11. The molecule has 0 spiro atoms. The Kier molecular flexibility index (Phi) is 5.40. The highest BCUT2D eigenvalue weighted by atomic mass is 32.2. The Morgan fingerprint density at radius 1 is 1.44 bits per heavy atom. The molecule has 0 amide bonds. The van der Waals surface area contributed by atoms with Crippen molar-refractivity contribution in [2.75, 3.05) is 31.1 Å². The van der Waals surface area contributed by atoms with Gasteiger partial charge in [-0.15, -0.1) is 0 Å². The maximum Gasteiger partial charge on any atom is 0.401 e. The average molecular weight is 256 g/mol. The summed E-state index contributed by atoms with van der Waals surface area (Å²) in [6, 6.07) is 0.110. The first-order valence-electron chi connectivity index (χ1n) is 5.50. The first kappa shape index (κ1) is 14.1. The van der Waals surface area contributed by atoms with Gasteiger partial charge in [0.1, 0.15) is 0 Å². The molecule has 0 aromatic heterocycles. The molecule has 1 aliphatic heterocycles. The molecule has 0 saturated carbocycles. The van der Waals surface area contributed by atoms with Crippen molar-refractivity contribution >= 4 is 11.8 Å². The third-order valence-electron chi connectivity index (χ3n) is 2.57. The molecule has 1 N–H and O–H groups in total. The van der Waals surface area contributed by atoms with Gasteiger partial charge in [0.25, 0.3) is 0 Å². The summed E-state index contributed by atoms with van der Waals surface area (Å²) in [7, 11) is 0. The van der Waals surface area contributed by atoms with Crippen molar-refractivity contribution in [3.8, 4) is 0 Å². The highest BCUT2D eigenvalue weighted by Crippen LogP contribution is 2.19. The van der Waals surface area contributed by atoms with E-state index in [4.69, 9.17) is 0 Å². The molecule has 1 heterocycles. The molecule has 1 unspecified atom stereocenters.